The first-order chi connectivity index (χ1) is 11.8. The van der Waals surface area contributed by atoms with Gasteiger partial charge in [0.05, 0.1) is 17.6 Å². The van der Waals surface area contributed by atoms with Crippen molar-refractivity contribution in [3.8, 4) is 0 Å². The molecule has 136 valence electrons. The Morgan fingerprint density at radius 3 is 2.68 bits per heavy atom. The first-order valence-corrected chi connectivity index (χ1v) is 9.68. The molecule has 6 heteroatoms. The number of hydrogen-bond acceptors (Lipinski definition) is 5. The Kier molecular flexibility index (Phi) is 5.29. The van der Waals surface area contributed by atoms with Gasteiger partial charge in [-0.05, 0) is 25.5 Å². The summed E-state index contributed by atoms with van der Waals surface area (Å²) in [7, 11) is 0. The molecule has 3 rings (SSSR count). The van der Waals surface area contributed by atoms with Gasteiger partial charge in [-0.25, -0.2) is 4.98 Å². The number of thiophene rings is 1. The van der Waals surface area contributed by atoms with Crippen LogP contribution < -0.4 is 0 Å². The lowest BCUT2D eigenvalue weighted by Gasteiger charge is -2.20. The summed E-state index contributed by atoms with van der Waals surface area (Å²) in [5, 5.41) is 0. The number of carbonyl (C=O) groups is 1. The Labute approximate surface area is 153 Å². The molecule has 0 unspecified atom stereocenters. The van der Waals surface area contributed by atoms with Gasteiger partial charge in [0.2, 0.25) is 5.89 Å². The molecule has 3 heterocycles. The molecule has 25 heavy (non-hydrogen) atoms. The number of aromatic nitrogens is 1. The summed E-state index contributed by atoms with van der Waals surface area (Å²) in [6, 6.07) is 3.95. The highest BCUT2D eigenvalue weighted by Gasteiger charge is 2.23. The summed E-state index contributed by atoms with van der Waals surface area (Å²) in [5.74, 6) is 1.84. The van der Waals surface area contributed by atoms with Crippen LogP contribution in [0.5, 0.6) is 0 Å². The van der Waals surface area contributed by atoms with Crippen molar-refractivity contribution < 1.29 is 9.21 Å². The first kappa shape index (κ1) is 18.1. The Hall–Kier alpha value is -1.66. The van der Waals surface area contributed by atoms with Gasteiger partial charge in [0.25, 0.3) is 5.91 Å². The van der Waals surface area contributed by atoms with Crippen LogP contribution in [0, 0.1) is 6.92 Å². The maximum atomic E-state index is 12.6. The van der Waals surface area contributed by atoms with Gasteiger partial charge < -0.3 is 9.32 Å². The number of rotatable bonds is 3. The van der Waals surface area contributed by atoms with Crippen LogP contribution in [-0.2, 0) is 12.0 Å². The fourth-order valence-electron chi connectivity index (χ4n) is 2.96. The molecule has 1 fully saturated rings. The largest absolute Gasteiger partial charge is 0.444 e. The molecule has 1 aliphatic heterocycles. The van der Waals surface area contributed by atoms with Crippen LogP contribution in [0.2, 0.25) is 0 Å². The average Bonchev–Trinajstić information content (AvgIpc) is 3.12. The Morgan fingerprint density at radius 1 is 1.24 bits per heavy atom. The highest BCUT2D eigenvalue weighted by Crippen LogP contribution is 2.23. The van der Waals surface area contributed by atoms with Gasteiger partial charge in [0.1, 0.15) is 5.76 Å². The SMILES string of the molecule is Cc1ccc(C(=O)N2CCCN(Cc3ncc(C(C)(C)C)o3)CC2)s1. The molecule has 0 aliphatic carbocycles. The summed E-state index contributed by atoms with van der Waals surface area (Å²) >= 11 is 1.57. The lowest BCUT2D eigenvalue weighted by atomic mass is 9.94. The highest BCUT2D eigenvalue weighted by molar-refractivity contribution is 7.13. The third kappa shape index (κ3) is 4.50. The second-order valence-corrected chi connectivity index (χ2v) is 8.99. The van der Waals surface area contributed by atoms with Crippen LogP contribution in [0.15, 0.2) is 22.7 Å². The van der Waals surface area contributed by atoms with Crippen molar-refractivity contribution in [3.63, 3.8) is 0 Å². The maximum absolute atomic E-state index is 12.6. The summed E-state index contributed by atoms with van der Waals surface area (Å²) < 4.78 is 5.91. The predicted octanol–water partition coefficient (Wildman–Crippen LogP) is 3.69. The second-order valence-electron chi connectivity index (χ2n) is 7.70. The molecule has 0 bridgehead atoms. The minimum absolute atomic E-state index is 0.0217. The topological polar surface area (TPSA) is 49.6 Å². The number of carbonyl (C=O) groups excluding carboxylic acids is 1. The van der Waals surface area contributed by atoms with E-state index in [1.165, 1.54) is 4.88 Å². The van der Waals surface area contributed by atoms with Crippen molar-refractivity contribution in [1.29, 1.82) is 0 Å². The predicted molar refractivity (Wildman–Crippen MR) is 100 cm³/mol. The normalized spacial score (nSPS) is 16.9. The number of aryl methyl sites for hydroxylation is 1. The summed E-state index contributed by atoms with van der Waals surface area (Å²) in [6.45, 7) is 12.5. The molecule has 2 aromatic heterocycles. The molecule has 0 aromatic carbocycles. The molecule has 0 spiro atoms. The third-order valence-electron chi connectivity index (χ3n) is 4.48. The maximum Gasteiger partial charge on any atom is 0.263 e. The molecule has 0 N–H and O–H groups in total. The molecule has 1 amide bonds. The standard InChI is InChI=1S/C19H27N3O2S/c1-14-6-7-15(25-14)18(23)22-9-5-8-21(10-11-22)13-17-20-12-16(24-17)19(2,3)4/h6-7,12H,5,8-11,13H2,1-4H3. The van der Waals surface area contributed by atoms with Crippen molar-refractivity contribution in [2.75, 3.05) is 26.2 Å². The van der Waals surface area contributed by atoms with Crippen molar-refractivity contribution in [3.05, 3.63) is 39.7 Å². The van der Waals surface area contributed by atoms with Crippen LogP contribution in [0.25, 0.3) is 0 Å². The van der Waals surface area contributed by atoms with E-state index >= 15 is 0 Å². The molecule has 0 saturated carbocycles. The fraction of sp³-hybridized carbons (Fsp3) is 0.579. The molecule has 5 nitrogen and oxygen atoms in total. The van der Waals surface area contributed by atoms with Crippen LogP contribution >= 0.6 is 11.3 Å². The zero-order valence-electron chi connectivity index (χ0n) is 15.5. The highest BCUT2D eigenvalue weighted by atomic mass is 32.1. The minimum atomic E-state index is -0.0217. The van der Waals surface area contributed by atoms with E-state index < -0.39 is 0 Å². The van der Waals surface area contributed by atoms with E-state index in [0.717, 1.165) is 49.1 Å². The summed E-state index contributed by atoms with van der Waals surface area (Å²) in [4.78, 5) is 23.4. The first-order valence-electron chi connectivity index (χ1n) is 8.86. The molecule has 1 aliphatic rings. The van der Waals surface area contributed by atoms with E-state index in [2.05, 4.69) is 30.7 Å². The van der Waals surface area contributed by atoms with E-state index in [-0.39, 0.29) is 11.3 Å². The van der Waals surface area contributed by atoms with Crippen LogP contribution in [-0.4, -0.2) is 46.9 Å². The van der Waals surface area contributed by atoms with Gasteiger partial charge in [-0.3, -0.25) is 9.69 Å². The van der Waals surface area contributed by atoms with Crippen molar-refractivity contribution in [2.24, 2.45) is 0 Å². The summed E-state index contributed by atoms with van der Waals surface area (Å²) in [6.07, 6.45) is 2.81. The Bertz CT molecular complexity index is 729. The Morgan fingerprint density at radius 2 is 2.04 bits per heavy atom. The molecule has 1 saturated heterocycles. The average molecular weight is 362 g/mol. The number of nitrogens with zero attached hydrogens (tertiary/aromatic N) is 3. The van der Waals surface area contributed by atoms with Crippen LogP contribution in [0.3, 0.4) is 0 Å². The second kappa shape index (κ2) is 7.30. The molecular formula is C19H27N3O2S. The molecule has 0 radical (unpaired) electrons. The van der Waals surface area contributed by atoms with E-state index in [1.807, 2.05) is 30.2 Å². The molecular weight excluding hydrogens is 334 g/mol. The van der Waals surface area contributed by atoms with Gasteiger partial charge in [-0.2, -0.15) is 0 Å². The monoisotopic (exact) mass is 361 g/mol. The number of hydrogen-bond donors (Lipinski definition) is 0. The van der Waals surface area contributed by atoms with Crippen molar-refractivity contribution >= 4 is 17.2 Å². The van der Waals surface area contributed by atoms with Crippen LogP contribution in [0.1, 0.15) is 53.4 Å². The smallest absolute Gasteiger partial charge is 0.263 e. The van der Waals surface area contributed by atoms with Gasteiger partial charge in [-0.15, -0.1) is 11.3 Å². The zero-order chi connectivity index (χ0) is 18.0. The van der Waals surface area contributed by atoms with Crippen molar-refractivity contribution in [1.82, 2.24) is 14.8 Å². The quantitative estimate of drug-likeness (QED) is 0.837. The number of oxazole rings is 1. The van der Waals surface area contributed by atoms with E-state index in [4.69, 9.17) is 4.42 Å². The fourth-order valence-corrected chi connectivity index (χ4v) is 3.79. The zero-order valence-corrected chi connectivity index (χ0v) is 16.4. The van der Waals surface area contributed by atoms with Crippen LogP contribution in [0.4, 0.5) is 0 Å². The lowest BCUT2D eigenvalue weighted by Crippen LogP contribution is -2.34. The van der Waals surface area contributed by atoms with Gasteiger partial charge in [-0.1, -0.05) is 20.8 Å². The van der Waals surface area contributed by atoms with Crippen molar-refractivity contribution in [2.45, 2.75) is 46.1 Å². The Balaban J connectivity index is 1.58. The third-order valence-corrected chi connectivity index (χ3v) is 5.47. The minimum Gasteiger partial charge on any atom is -0.444 e. The van der Waals surface area contributed by atoms with Gasteiger partial charge in [0.15, 0.2) is 0 Å². The number of amides is 1. The molecule has 0 atom stereocenters. The summed E-state index contributed by atoms with van der Waals surface area (Å²) in [5.41, 5.74) is -0.0217. The van der Waals surface area contributed by atoms with E-state index in [0.29, 0.717) is 6.54 Å². The van der Waals surface area contributed by atoms with Gasteiger partial charge in [0, 0.05) is 36.5 Å². The molecule has 2 aromatic rings. The van der Waals surface area contributed by atoms with E-state index in [1.54, 1.807) is 11.3 Å². The lowest BCUT2D eigenvalue weighted by molar-refractivity contribution is 0.0765. The van der Waals surface area contributed by atoms with Gasteiger partial charge >= 0.3 is 0 Å². The van der Waals surface area contributed by atoms with E-state index in [9.17, 15) is 4.79 Å².